The molecule has 0 aliphatic carbocycles. The second kappa shape index (κ2) is 9.57. The molecule has 5 nitrogen and oxygen atoms in total. The molecule has 2 rings (SSSR count). The molecule has 2 aromatic carbocycles. The number of rotatable bonds is 9. The van der Waals surface area contributed by atoms with Crippen molar-refractivity contribution in [2.75, 3.05) is 19.3 Å². The van der Waals surface area contributed by atoms with E-state index < -0.39 is 15.8 Å². The number of nitrogens with one attached hydrogen (secondary N) is 1. The molecule has 0 spiro atoms. The third kappa shape index (κ3) is 7.07. The van der Waals surface area contributed by atoms with E-state index >= 15 is 0 Å². The lowest BCUT2D eigenvalue weighted by atomic mass is 10.1. The molecule has 27 heavy (non-hydrogen) atoms. The van der Waals surface area contributed by atoms with Crippen LogP contribution in [-0.2, 0) is 27.8 Å². The second-order valence-corrected chi connectivity index (χ2v) is 8.14. The van der Waals surface area contributed by atoms with Crippen molar-refractivity contribution in [1.29, 1.82) is 0 Å². The van der Waals surface area contributed by atoms with E-state index in [0.717, 1.165) is 11.8 Å². The highest BCUT2D eigenvalue weighted by Crippen LogP contribution is 2.08. The van der Waals surface area contributed by atoms with Crippen molar-refractivity contribution >= 4 is 15.9 Å². The third-order valence-corrected chi connectivity index (χ3v) is 5.36. The van der Waals surface area contributed by atoms with Gasteiger partial charge in [-0.2, -0.15) is 0 Å². The van der Waals surface area contributed by atoms with Gasteiger partial charge in [0.05, 0.1) is 6.26 Å². The summed E-state index contributed by atoms with van der Waals surface area (Å²) >= 11 is 0. The van der Waals surface area contributed by atoms with Gasteiger partial charge in [-0.1, -0.05) is 30.3 Å². The average Bonchev–Trinajstić information content (AvgIpc) is 2.61. The van der Waals surface area contributed by atoms with Crippen molar-refractivity contribution in [3.8, 4) is 0 Å². The molecule has 0 aliphatic heterocycles. The number of carbonyl (C=O) groups excluding carboxylic acids is 1. The molecule has 0 fully saturated rings. The Bertz CT molecular complexity index is 871. The monoisotopic (exact) mass is 396 g/mol. The number of hydrogen-bond acceptors (Lipinski definition) is 3. The summed E-state index contributed by atoms with van der Waals surface area (Å²) in [5.41, 5.74) is 1.16. The molecule has 1 N–H and O–H groups in total. The van der Waals surface area contributed by atoms with E-state index in [1.165, 1.54) is 22.5 Å². The number of benzene rings is 2. The lowest BCUT2D eigenvalue weighted by Crippen LogP contribution is -2.36. The summed E-state index contributed by atoms with van der Waals surface area (Å²) < 4.78 is 51.5. The fourth-order valence-corrected chi connectivity index (χ4v) is 3.34. The summed E-state index contributed by atoms with van der Waals surface area (Å²) in [6.07, 6.45) is 1.45. The minimum absolute atomic E-state index is 0.0170. The van der Waals surface area contributed by atoms with Crippen LogP contribution >= 0.6 is 0 Å². The Morgan fingerprint density at radius 3 is 2.33 bits per heavy atom. The SMILES string of the molecule is CS(=O)(=O)N(CCC(=O)NCc1ccccc1F)CCc1ccc(F)cc1. The molecule has 0 unspecified atom stereocenters. The van der Waals surface area contributed by atoms with E-state index in [0.29, 0.717) is 12.0 Å². The zero-order chi connectivity index (χ0) is 19.9. The van der Waals surface area contributed by atoms with Gasteiger partial charge in [-0.05, 0) is 30.2 Å². The van der Waals surface area contributed by atoms with Crippen LogP contribution in [-0.4, -0.2) is 38.0 Å². The maximum atomic E-state index is 13.5. The summed E-state index contributed by atoms with van der Waals surface area (Å²) in [4.78, 5) is 12.0. The van der Waals surface area contributed by atoms with E-state index in [9.17, 15) is 22.0 Å². The molecule has 0 bridgehead atoms. The number of sulfonamides is 1. The smallest absolute Gasteiger partial charge is 0.221 e. The van der Waals surface area contributed by atoms with Crippen LogP contribution in [0.1, 0.15) is 17.5 Å². The standard InChI is InChI=1S/C19H22F2N2O3S/c1-27(25,26)23(12-10-15-6-8-17(20)9-7-15)13-11-19(24)22-14-16-4-2-3-5-18(16)21/h2-9H,10-14H2,1H3,(H,22,24). The molecular formula is C19H22F2N2O3S. The molecule has 2 aromatic rings. The second-order valence-electron chi connectivity index (χ2n) is 6.16. The number of carbonyl (C=O) groups is 1. The van der Waals surface area contributed by atoms with Gasteiger partial charge in [-0.15, -0.1) is 0 Å². The van der Waals surface area contributed by atoms with Crippen molar-refractivity contribution in [2.45, 2.75) is 19.4 Å². The lowest BCUT2D eigenvalue weighted by molar-refractivity contribution is -0.121. The number of hydrogen-bond donors (Lipinski definition) is 1. The first kappa shape index (κ1) is 21.0. The van der Waals surface area contributed by atoms with Crippen LogP contribution < -0.4 is 5.32 Å². The van der Waals surface area contributed by atoms with Gasteiger partial charge in [0.2, 0.25) is 15.9 Å². The van der Waals surface area contributed by atoms with E-state index in [4.69, 9.17) is 0 Å². The Hall–Kier alpha value is -2.32. The van der Waals surface area contributed by atoms with Crippen LogP contribution in [0, 0.1) is 11.6 Å². The van der Waals surface area contributed by atoms with Gasteiger partial charge in [0, 0.05) is 31.6 Å². The predicted molar refractivity (Wildman–Crippen MR) is 99.4 cm³/mol. The van der Waals surface area contributed by atoms with E-state index in [1.54, 1.807) is 30.3 Å². The first-order valence-electron chi connectivity index (χ1n) is 8.45. The molecule has 8 heteroatoms. The average molecular weight is 396 g/mol. The number of nitrogens with zero attached hydrogens (tertiary/aromatic N) is 1. The Balaban J connectivity index is 1.85. The van der Waals surface area contributed by atoms with Gasteiger partial charge in [0.15, 0.2) is 0 Å². The van der Waals surface area contributed by atoms with Crippen LogP contribution in [0.2, 0.25) is 0 Å². The van der Waals surface area contributed by atoms with Crippen molar-refractivity contribution < 1.29 is 22.0 Å². The highest BCUT2D eigenvalue weighted by molar-refractivity contribution is 7.88. The Morgan fingerprint density at radius 1 is 1.04 bits per heavy atom. The predicted octanol–water partition coefficient (Wildman–Crippen LogP) is 2.48. The normalized spacial score (nSPS) is 11.6. The summed E-state index contributed by atoms with van der Waals surface area (Å²) in [6.45, 7) is 0.244. The first-order valence-corrected chi connectivity index (χ1v) is 10.3. The third-order valence-electron chi connectivity index (χ3n) is 4.05. The zero-order valence-corrected chi connectivity index (χ0v) is 15.8. The number of amides is 1. The van der Waals surface area contributed by atoms with E-state index in [-0.39, 0.29) is 37.8 Å². The molecule has 0 radical (unpaired) electrons. The van der Waals surface area contributed by atoms with Crippen LogP contribution in [0.5, 0.6) is 0 Å². The quantitative estimate of drug-likeness (QED) is 0.708. The van der Waals surface area contributed by atoms with E-state index in [1.807, 2.05) is 0 Å². The number of halogens is 2. The fourth-order valence-electron chi connectivity index (χ4n) is 2.50. The Morgan fingerprint density at radius 2 is 1.70 bits per heavy atom. The Kier molecular flexibility index (Phi) is 7.44. The molecule has 146 valence electrons. The lowest BCUT2D eigenvalue weighted by Gasteiger charge is -2.19. The van der Waals surface area contributed by atoms with Crippen LogP contribution in [0.15, 0.2) is 48.5 Å². The minimum Gasteiger partial charge on any atom is -0.352 e. The van der Waals surface area contributed by atoms with Gasteiger partial charge in [0.1, 0.15) is 11.6 Å². The maximum absolute atomic E-state index is 13.5. The fraction of sp³-hybridized carbons (Fsp3) is 0.316. The molecule has 0 aliphatic rings. The van der Waals surface area contributed by atoms with Crippen molar-refractivity contribution in [2.24, 2.45) is 0 Å². The van der Waals surface area contributed by atoms with Gasteiger partial charge >= 0.3 is 0 Å². The maximum Gasteiger partial charge on any atom is 0.221 e. The molecular weight excluding hydrogens is 374 g/mol. The highest BCUT2D eigenvalue weighted by atomic mass is 32.2. The largest absolute Gasteiger partial charge is 0.352 e. The van der Waals surface area contributed by atoms with Crippen molar-refractivity contribution in [3.05, 3.63) is 71.3 Å². The van der Waals surface area contributed by atoms with Gasteiger partial charge in [0.25, 0.3) is 0 Å². The topological polar surface area (TPSA) is 66.5 Å². The molecule has 0 aromatic heterocycles. The summed E-state index contributed by atoms with van der Waals surface area (Å²) in [7, 11) is -3.49. The van der Waals surface area contributed by atoms with Crippen molar-refractivity contribution in [1.82, 2.24) is 9.62 Å². The molecule has 1 amide bonds. The van der Waals surface area contributed by atoms with Crippen molar-refractivity contribution in [3.63, 3.8) is 0 Å². The molecule has 0 heterocycles. The van der Waals surface area contributed by atoms with Gasteiger partial charge in [-0.3, -0.25) is 4.79 Å². The van der Waals surface area contributed by atoms with Gasteiger partial charge < -0.3 is 5.32 Å². The molecule has 0 atom stereocenters. The summed E-state index contributed by atoms with van der Waals surface area (Å²) in [6, 6.07) is 11.9. The van der Waals surface area contributed by atoms with Gasteiger partial charge in [-0.25, -0.2) is 21.5 Å². The van der Waals surface area contributed by atoms with Crippen LogP contribution in [0.3, 0.4) is 0 Å². The highest BCUT2D eigenvalue weighted by Gasteiger charge is 2.18. The molecule has 0 saturated heterocycles. The first-order chi connectivity index (χ1) is 12.8. The van der Waals surface area contributed by atoms with Crippen LogP contribution in [0.25, 0.3) is 0 Å². The minimum atomic E-state index is -3.49. The zero-order valence-electron chi connectivity index (χ0n) is 15.0. The summed E-state index contributed by atoms with van der Waals surface area (Å²) in [5, 5.41) is 2.58. The summed E-state index contributed by atoms with van der Waals surface area (Å²) in [5.74, 6) is -1.13. The van der Waals surface area contributed by atoms with E-state index in [2.05, 4.69) is 5.32 Å². The van der Waals surface area contributed by atoms with Crippen LogP contribution in [0.4, 0.5) is 8.78 Å². The molecule has 0 saturated carbocycles. The Labute approximate surface area is 158 Å².